The van der Waals surface area contributed by atoms with Gasteiger partial charge < -0.3 is 4.90 Å². The van der Waals surface area contributed by atoms with E-state index in [-0.39, 0.29) is 0 Å². The van der Waals surface area contributed by atoms with Crippen molar-refractivity contribution in [1.82, 2.24) is 0 Å². The SMILES string of the molecule is Cc1ccc(C=O)c(N2CC3CC3C2)c1. The first-order valence-corrected chi connectivity index (χ1v) is 5.58. The summed E-state index contributed by atoms with van der Waals surface area (Å²) in [5.41, 5.74) is 3.20. The Hall–Kier alpha value is -1.31. The van der Waals surface area contributed by atoms with E-state index >= 15 is 0 Å². The number of anilines is 1. The number of carbonyl (C=O) groups excluding carboxylic acids is 1. The second-order valence-electron chi connectivity index (χ2n) is 4.84. The Morgan fingerprint density at radius 3 is 2.73 bits per heavy atom. The second-order valence-corrected chi connectivity index (χ2v) is 4.84. The maximum atomic E-state index is 11.0. The summed E-state index contributed by atoms with van der Waals surface area (Å²) in [6.07, 6.45) is 2.37. The van der Waals surface area contributed by atoms with Crippen LogP contribution in [0.25, 0.3) is 0 Å². The van der Waals surface area contributed by atoms with Gasteiger partial charge in [-0.3, -0.25) is 4.79 Å². The molecule has 0 radical (unpaired) electrons. The monoisotopic (exact) mass is 201 g/mol. The van der Waals surface area contributed by atoms with Crippen molar-refractivity contribution in [3.8, 4) is 0 Å². The molecule has 1 aromatic carbocycles. The highest BCUT2D eigenvalue weighted by Crippen LogP contribution is 2.46. The lowest BCUT2D eigenvalue weighted by Crippen LogP contribution is -2.23. The Balaban J connectivity index is 1.95. The van der Waals surface area contributed by atoms with Gasteiger partial charge >= 0.3 is 0 Å². The Kier molecular flexibility index (Phi) is 1.84. The van der Waals surface area contributed by atoms with Crippen molar-refractivity contribution < 1.29 is 4.79 Å². The highest BCUT2D eigenvalue weighted by atomic mass is 16.1. The van der Waals surface area contributed by atoms with Crippen LogP contribution >= 0.6 is 0 Å². The van der Waals surface area contributed by atoms with Crippen LogP contribution in [0.3, 0.4) is 0 Å². The topological polar surface area (TPSA) is 20.3 Å². The molecule has 2 atom stereocenters. The summed E-state index contributed by atoms with van der Waals surface area (Å²) in [7, 11) is 0. The molecule has 0 amide bonds. The molecular weight excluding hydrogens is 186 g/mol. The van der Waals surface area contributed by atoms with Crippen molar-refractivity contribution in [2.75, 3.05) is 18.0 Å². The Bertz CT molecular complexity index is 403. The van der Waals surface area contributed by atoms with E-state index < -0.39 is 0 Å². The van der Waals surface area contributed by atoms with Gasteiger partial charge in [-0.2, -0.15) is 0 Å². The van der Waals surface area contributed by atoms with Crippen LogP contribution in [0.1, 0.15) is 22.3 Å². The maximum Gasteiger partial charge on any atom is 0.152 e. The van der Waals surface area contributed by atoms with E-state index in [4.69, 9.17) is 0 Å². The zero-order chi connectivity index (χ0) is 10.4. The van der Waals surface area contributed by atoms with Crippen LogP contribution in [0.2, 0.25) is 0 Å². The first-order valence-electron chi connectivity index (χ1n) is 5.58. The fourth-order valence-corrected chi connectivity index (χ4v) is 2.62. The van der Waals surface area contributed by atoms with Crippen molar-refractivity contribution in [1.29, 1.82) is 0 Å². The van der Waals surface area contributed by atoms with Crippen LogP contribution in [0.4, 0.5) is 5.69 Å². The Morgan fingerprint density at radius 2 is 2.07 bits per heavy atom. The van der Waals surface area contributed by atoms with E-state index in [1.165, 1.54) is 12.0 Å². The number of benzene rings is 1. The third kappa shape index (κ3) is 1.44. The average Bonchev–Trinajstić information content (AvgIpc) is 2.86. The van der Waals surface area contributed by atoms with E-state index in [2.05, 4.69) is 17.9 Å². The second kappa shape index (κ2) is 3.09. The standard InChI is InChI=1S/C13H15NO/c1-9-2-3-10(8-15)13(4-9)14-6-11-5-12(11)7-14/h2-4,8,11-12H,5-7H2,1H3. The number of rotatable bonds is 2. The molecule has 2 nitrogen and oxygen atoms in total. The Labute approximate surface area is 89.9 Å². The predicted octanol–water partition coefficient (Wildman–Crippen LogP) is 2.26. The molecule has 3 rings (SSSR count). The average molecular weight is 201 g/mol. The quantitative estimate of drug-likeness (QED) is 0.684. The molecular formula is C13H15NO. The summed E-state index contributed by atoms with van der Waals surface area (Å²) < 4.78 is 0. The fraction of sp³-hybridized carbons (Fsp3) is 0.462. The smallest absolute Gasteiger partial charge is 0.152 e. The highest BCUT2D eigenvalue weighted by molar-refractivity contribution is 5.85. The number of nitrogens with zero attached hydrogens (tertiary/aromatic N) is 1. The molecule has 1 aliphatic carbocycles. The maximum absolute atomic E-state index is 11.0. The van der Waals surface area contributed by atoms with E-state index in [9.17, 15) is 4.79 Å². The molecule has 2 unspecified atom stereocenters. The molecule has 0 N–H and O–H groups in total. The van der Waals surface area contributed by atoms with Crippen molar-refractivity contribution >= 4 is 12.0 Å². The number of fused-ring (bicyclic) bond motifs is 1. The molecule has 1 heterocycles. The number of hydrogen-bond acceptors (Lipinski definition) is 2. The molecule has 2 aliphatic rings. The third-order valence-corrected chi connectivity index (χ3v) is 3.63. The largest absolute Gasteiger partial charge is 0.370 e. The van der Waals surface area contributed by atoms with Gasteiger partial charge in [0.2, 0.25) is 0 Å². The normalized spacial score (nSPS) is 27.7. The minimum Gasteiger partial charge on any atom is -0.370 e. The van der Waals surface area contributed by atoms with E-state index in [1.54, 1.807) is 0 Å². The van der Waals surface area contributed by atoms with E-state index in [0.717, 1.165) is 42.5 Å². The minimum absolute atomic E-state index is 0.835. The van der Waals surface area contributed by atoms with Gasteiger partial charge in [0.05, 0.1) is 0 Å². The highest BCUT2D eigenvalue weighted by Gasteiger charge is 2.45. The minimum atomic E-state index is 0.835. The first-order chi connectivity index (χ1) is 7.28. The predicted molar refractivity (Wildman–Crippen MR) is 60.4 cm³/mol. The fourth-order valence-electron chi connectivity index (χ4n) is 2.62. The molecule has 2 fully saturated rings. The van der Waals surface area contributed by atoms with Gasteiger partial charge in [0.25, 0.3) is 0 Å². The number of aldehydes is 1. The summed E-state index contributed by atoms with van der Waals surface area (Å²) in [4.78, 5) is 13.3. The van der Waals surface area contributed by atoms with Crippen LogP contribution in [0.15, 0.2) is 18.2 Å². The van der Waals surface area contributed by atoms with Gasteiger partial charge in [0, 0.05) is 24.3 Å². The molecule has 0 bridgehead atoms. The molecule has 2 heteroatoms. The van der Waals surface area contributed by atoms with Crippen molar-refractivity contribution in [3.63, 3.8) is 0 Å². The van der Waals surface area contributed by atoms with Crippen LogP contribution in [0.5, 0.6) is 0 Å². The first kappa shape index (κ1) is 8.96. The summed E-state index contributed by atoms with van der Waals surface area (Å²) in [6.45, 7) is 4.37. The zero-order valence-corrected chi connectivity index (χ0v) is 8.94. The van der Waals surface area contributed by atoms with E-state index in [1.807, 2.05) is 12.1 Å². The number of hydrogen-bond donors (Lipinski definition) is 0. The van der Waals surface area contributed by atoms with Gasteiger partial charge in [-0.25, -0.2) is 0 Å². The molecule has 0 spiro atoms. The molecule has 1 aliphatic heterocycles. The van der Waals surface area contributed by atoms with Gasteiger partial charge in [0.1, 0.15) is 0 Å². The molecule has 0 aromatic heterocycles. The van der Waals surface area contributed by atoms with Crippen LogP contribution in [-0.2, 0) is 0 Å². The summed E-state index contributed by atoms with van der Waals surface area (Å²) in [5, 5.41) is 0. The lowest BCUT2D eigenvalue weighted by atomic mass is 10.1. The van der Waals surface area contributed by atoms with Gasteiger partial charge in [-0.05, 0) is 42.9 Å². The summed E-state index contributed by atoms with van der Waals surface area (Å²) in [6, 6.07) is 6.07. The zero-order valence-electron chi connectivity index (χ0n) is 8.94. The number of carbonyl (C=O) groups is 1. The van der Waals surface area contributed by atoms with Crippen LogP contribution in [-0.4, -0.2) is 19.4 Å². The number of piperidine rings is 1. The van der Waals surface area contributed by atoms with E-state index in [0.29, 0.717) is 0 Å². The van der Waals surface area contributed by atoms with Gasteiger partial charge in [-0.15, -0.1) is 0 Å². The van der Waals surface area contributed by atoms with Gasteiger partial charge in [0.15, 0.2) is 6.29 Å². The van der Waals surface area contributed by atoms with Gasteiger partial charge in [-0.1, -0.05) is 6.07 Å². The Morgan fingerprint density at radius 1 is 1.33 bits per heavy atom. The third-order valence-electron chi connectivity index (χ3n) is 3.63. The molecule has 1 aromatic rings. The van der Waals surface area contributed by atoms with Crippen LogP contribution < -0.4 is 4.90 Å². The molecule has 1 saturated carbocycles. The van der Waals surface area contributed by atoms with Crippen molar-refractivity contribution in [2.45, 2.75) is 13.3 Å². The summed E-state index contributed by atoms with van der Waals surface area (Å²) >= 11 is 0. The van der Waals surface area contributed by atoms with Crippen molar-refractivity contribution in [2.24, 2.45) is 11.8 Å². The molecule has 15 heavy (non-hydrogen) atoms. The lowest BCUT2D eigenvalue weighted by Gasteiger charge is -2.22. The number of aryl methyl sites for hydroxylation is 1. The molecule has 1 saturated heterocycles. The van der Waals surface area contributed by atoms with Crippen molar-refractivity contribution in [3.05, 3.63) is 29.3 Å². The molecule has 78 valence electrons. The van der Waals surface area contributed by atoms with Crippen LogP contribution in [0, 0.1) is 18.8 Å². The summed E-state index contributed by atoms with van der Waals surface area (Å²) in [5.74, 6) is 1.81. The lowest BCUT2D eigenvalue weighted by molar-refractivity contribution is 0.112.